The van der Waals surface area contributed by atoms with E-state index in [1.165, 1.54) is 82.6 Å². The summed E-state index contributed by atoms with van der Waals surface area (Å²) in [5.41, 5.74) is 4.10. The van der Waals surface area contributed by atoms with Gasteiger partial charge in [-0.15, -0.1) is 0 Å². The van der Waals surface area contributed by atoms with Gasteiger partial charge in [0.15, 0.2) is 0 Å². The van der Waals surface area contributed by atoms with E-state index in [1.54, 1.807) is 0 Å². The summed E-state index contributed by atoms with van der Waals surface area (Å²) < 4.78 is 0. The lowest BCUT2D eigenvalue weighted by Gasteiger charge is -2.28. The number of nitrogens with zero attached hydrogens (tertiary/aromatic N) is 2. The molecule has 1 saturated carbocycles. The molecule has 160 valence electrons. The van der Waals surface area contributed by atoms with E-state index in [9.17, 15) is 0 Å². The third kappa shape index (κ3) is 7.28. The van der Waals surface area contributed by atoms with Crippen molar-refractivity contribution in [3.63, 3.8) is 0 Å². The maximum Gasteiger partial charge on any atom is 0.0991 e. The zero-order valence-corrected chi connectivity index (χ0v) is 18.8. The van der Waals surface area contributed by atoms with Crippen molar-refractivity contribution in [2.45, 2.75) is 90.4 Å². The van der Waals surface area contributed by atoms with Crippen LogP contribution in [0.15, 0.2) is 42.6 Å². The van der Waals surface area contributed by atoms with Crippen molar-refractivity contribution >= 4 is 0 Å². The predicted molar refractivity (Wildman–Crippen MR) is 126 cm³/mol. The zero-order chi connectivity index (χ0) is 21.0. The fourth-order valence-corrected chi connectivity index (χ4v) is 4.85. The van der Waals surface area contributed by atoms with E-state index >= 15 is 0 Å². The molecule has 0 saturated heterocycles. The molecular weight excluding hydrogens is 364 g/mol. The van der Waals surface area contributed by atoms with Crippen LogP contribution in [0.3, 0.4) is 0 Å². The van der Waals surface area contributed by atoms with Gasteiger partial charge in [0.1, 0.15) is 0 Å². The smallest absolute Gasteiger partial charge is 0.0991 e. The third-order valence-corrected chi connectivity index (χ3v) is 6.91. The largest absolute Gasteiger partial charge is 0.256 e. The highest BCUT2D eigenvalue weighted by molar-refractivity contribution is 5.60. The maximum absolute atomic E-state index is 8.93. The van der Waals surface area contributed by atoms with Crippen molar-refractivity contribution in [2.24, 2.45) is 11.8 Å². The number of hydrogen-bond donors (Lipinski definition) is 0. The minimum Gasteiger partial charge on any atom is -0.256 e. The summed E-state index contributed by atoms with van der Waals surface area (Å²) in [5.74, 6) is 1.91. The Labute approximate surface area is 183 Å². The van der Waals surface area contributed by atoms with E-state index in [1.807, 2.05) is 30.5 Å². The second-order valence-corrected chi connectivity index (χ2v) is 9.22. The Kier molecular flexibility index (Phi) is 9.42. The molecule has 0 unspecified atom stereocenters. The topological polar surface area (TPSA) is 36.7 Å². The number of unbranched alkanes of at least 4 members (excludes halogenated alkanes) is 5. The van der Waals surface area contributed by atoms with E-state index < -0.39 is 0 Å². The van der Waals surface area contributed by atoms with Crippen molar-refractivity contribution in [3.05, 3.63) is 53.7 Å². The van der Waals surface area contributed by atoms with Crippen LogP contribution in [0.5, 0.6) is 0 Å². The van der Waals surface area contributed by atoms with E-state index in [2.05, 4.69) is 30.1 Å². The van der Waals surface area contributed by atoms with Crippen LogP contribution in [0, 0.1) is 23.2 Å². The molecule has 2 heteroatoms. The molecule has 2 aromatic rings. The van der Waals surface area contributed by atoms with Gasteiger partial charge in [-0.05, 0) is 48.4 Å². The number of benzene rings is 1. The quantitative estimate of drug-likeness (QED) is 0.356. The van der Waals surface area contributed by atoms with Crippen LogP contribution in [0.4, 0.5) is 0 Å². The average molecular weight is 403 g/mol. The predicted octanol–water partition coefficient (Wildman–Crippen LogP) is 8.11. The molecule has 1 aromatic heterocycles. The normalized spacial score (nSPS) is 18.8. The lowest BCUT2D eigenvalue weighted by atomic mass is 9.78. The Morgan fingerprint density at radius 1 is 0.833 bits per heavy atom. The summed E-state index contributed by atoms with van der Waals surface area (Å²) in [5, 5.41) is 8.93. The average Bonchev–Trinajstić information content (AvgIpc) is 2.81. The number of nitriles is 1. The fourth-order valence-electron chi connectivity index (χ4n) is 4.85. The Hall–Kier alpha value is -2.14. The number of rotatable bonds is 11. The van der Waals surface area contributed by atoms with Gasteiger partial charge < -0.3 is 0 Å². The first-order valence-corrected chi connectivity index (χ1v) is 12.2. The summed E-state index contributed by atoms with van der Waals surface area (Å²) in [4.78, 5) is 4.66. The SMILES string of the molecule is CCCCCCCC[C@H]1CC[C@H](CCc2ccc(-c3ccc(C#N)cc3)nc2)CC1. The fraction of sp³-hybridized carbons (Fsp3) is 0.571. The Morgan fingerprint density at radius 2 is 1.50 bits per heavy atom. The molecule has 1 aliphatic rings. The van der Waals surface area contributed by atoms with Crippen LogP contribution >= 0.6 is 0 Å². The zero-order valence-electron chi connectivity index (χ0n) is 18.8. The molecule has 3 rings (SSSR count). The van der Waals surface area contributed by atoms with Gasteiger partial charge in [-0.25, -0.2) is 0 Å². The summed E-state index contributed by atoms with van der Waals surface area (Å²) in [7, 11) is 0. The molecule has 1 aliphatic carbocycles. The highest BCUT2D eigenvalue weighted by atomic mass is 14.7. The molecule has 30 heavy (non-hydrogen) atoms. The molecule has 0 amide bonds. The Morgan fingerprint density at radius 3 is 2.13 bits per heavy atom. The van der Waals surface area contributed by atoms with Crippen LogP contribution in [0.25, 0.3) is 11.3 Å². The lowest BCUT2D eigenvalue weighted by Crippen LogP contribution is -2.15. The van der Waals surface area contributed by atoms with Gasteiger partial charge in [0, 0.05) is 11.8 Å². The summed E-state index contributed by atoms with van der Waals surface area (Å²) >= 11 is 0. The maximum atomic E-state index is 8.93. The monoisotopic (exact) mass is 402 g/mol. The Balaban J connectivity index is 1.34. The van der Waals surface area contributed by atoms with Gasteiger partial charge >= 0.3 is 0 Å². The third-order valence-electron chi connectivity index (χ3n) is 6.91. The van der Waals surface area contributed by atoms with Crippen molar-refractivity contribution in [1.82, 2.24) is 4.98 Å². The minimum atomic E-state index is 0.692. The van der Waals surface area contributed by atoms with Crippen LogP contribution < -0.4 is 0 Å². The van der Waals surface area contributed by atoms with Crippen molar-refractivity contribution in [1.29, 1.82) is 5.26 Å². The van der Waals surface area contributed by atoms with Crippen LogP contribution in [0.2, 0.25) is 0 Å². The molecule has 0 bridgehead atoms. The van der Waals surface area contributed by atoms with E-state index in [0.29, 0.717) is 5.56 Å². The summed E-state index contributed by atoms with van der Waals surface area (Å²) in [6, 6.07) is 14.2. The van der Waals surface area contributed by atoms with Crippen LogP contribution in [0.1, 0.15) is 95.1 Å². The van der Waals surface area contributed by atoms with E-state index in [4.69, 9.17) is 5.26 Å². The second-order valence-electron chi connectivity index (χ2n) is 9.22. The van der Waals surface area contributed by atoms with Crippen molar-refractivity contribution in [3.8, 4) is 17.3 Å². The summed E-state index contributed by atoms with van der Waals surface area (Å²) in [6.07, 6.45) is 20.3. The van der Waals surface area contributed by atoms with Crippen LogP contribution in [-0.4, -0.2) is 4.98 Å². The first-order valence-electron chi connectivity index (χ1n) is 12.2. The standard InChI is InChI=1S/C28H38N2/c1-2-3-4-5-6-7-8-23-9-11-24(12-10-23)13-14-26-17-20-28(30-22-26)27-18-15-25(21-29)16-19-27/h15-20,22-24H,2-14H2,1H3/t23-,24-. The number of aromatic nitrogens is 1. The second kappa shape index (κ2) is 12.5. The molecular formula is C28H38N2. The molecule has 0 N–H and O–H groups in total. The first-order chi connectivity index (χ1) is 14.8. The molecule has 1 fully saturated rings. The van der Waals surface area contributed by atoms with Gasteiger partial charge in [-0.2, -0.15) is 5.26 Å². The van der Waals surface area contributed by atoms with Crippen molar-refractivity contribution < 1.29 is 0 Å². The lowest BCUT2D eigenvalue weighted by molar-refractivity contribution is 0.248. The van der Waals surface area contributed by atoms with Crippen molar-refractivity contribution in [2.75, 3.05) is 0 Å². The molecule has 1 heterocycles. The number of aryl methyl sites for hydroxylation is 1. The van der Waals surface area contributed by atoms with E-state index in [-0.39, 0.29) is 0 Å². The van der Waals surface area contributed by atoms with Gasteiger partial charge in [-0.3, -0.25) is 4.98 Å². The number of hydrogen-bond acceptors (Lipinski definition) is 2. The molecule has 0 atom stereocenters. The van der Waals surface area contributed by atoms with Crippen LogP contribution in [-0.2, 0) is 6.42 Å². The highest BCUT2D eigenvalue weighted by Crippen LogP contribution is 2.34. The van der Waals surface area contributed by atoms with E-state index in [0.717, 1.165) is 29.5 Å². The molecule has 0 aliphatic heterocycles. The minimum absolute atomic E-state index is 0.692. The molecule has 0 radical (unpaired) electrons. The molecule has 2 nitrogen and oxygen atoms in total. The highest BCUT2D eigenvalue weighted by Gasteiger charge is 2.20. The Bertz CT molecular complexity index is 762. The van der Waals surface area contributed by atoms with Gasteiger partial charge in [-0.1, -0.05) is 95.8 Å². The molecule has 0 spiro atoms. The summed E-state index contributed by atoms with van der Waals surface area (Å²) in [6.45, 7) is 2.29. The first kappa shape index (κ1) is 22.5. The van der Waals surface area contributed by atoms with Gasteiger partial charge in [0.05, 0.1) is 17.3 Å². The van der Waals surface area contributed by atoms with Gasteiger partial charge in [0.25, 0.3) is 0 Å². The molecule has 1 aromatic carbocycles. The number of pyridine rings is 1. The van der Waals surface area contributed by atoms with Gasteiger partial charge in [0.2, 0.25) is 0 Å².